The molecule has 1 aromatic carbocycles. The highest BCUT2D eigenvalue weighted by Gasteiger charge is 2.35. The van der Waals surface area contributed by atoms with Crippen molar-refractivity contribution in [2.45, 2.75) is 13.0 Å². The second-order valence-electron chi connectivity index (χ2n) is 6.21. The number of carboxylic acids is 1. The van der Waals surface area contributed by atoms with Gasteiger partial charge in [-0.3, -0.25) is 9.78 Å². The van der Waals surface area contributed by atoms with Crippen molar-refractivity contribution < 1.29 is 19.4 Å². The summed E-state index contributed by atoms with van der Waals surface area (Å²) in [4.78, 5) is 30.0. The van der Waals surface area contributed by atoms with Crippen LogP contribution in [-0.4, -0.2) is 67.7 Å². The monoisotopic (exact) mass is 367 g/mol. The molecule has 1 amide bonds. The maximum Gasteiger partial charge on any atom is 0.328 e. The SMILES string of the molecule is Cc1c(C(=O)N2CCOCC2C(=O)O)nnn1-c1cccc2ncccc12. The van der Waals surface area contributed by atoms with Crippen molar-refractivity contribution >= 4 is 22.8 Å². The van der Waals surface area contributed by atoms with Crippen LogP contribution >= 0.6 is 0 Å². The maximum atomic E-state index is 12.9. The molecule has 4 rings (SSSR count). The Hall–Kier alpha value is -3.33. The predicted molar refractivity (Wildman–Crippen MR) is 94.7 cm³/mol. The third-order valence-electron chi connectivity index (χ3n) is 4.62. The third-order valence-corrected chi connectivity index (χ3v) is 4.62. The van der Waals surface area contributed by atoms with E-state index in [2.05, 4.69) is 15.3 Å². The summed E-state index contributed by atoms with van der Waals surface area (Å²) in [5.41, 5.74) is 2.22. The van der Waals surface area contributed by atoms with Gasteiger partial charge in [0.1, 0.15) is 0 Å². The lowest BCUT2D eigenvalue weighted by atomic mass is 10.1. The summed E-state index contributed by atoms with van der Waals surface area (Å²) in [5, 5.41) is 18.4. The minimum absolute atomic E-state index is 0.0384. The highest BCUT2D eigenvalue weighted by atomic mass is 16.5. The van der Waals surface area contributed by atoms with Gasteiger partial charge >= 0.3 is 5.97 Å². The summed E-state index contributed by atoms with van der Waals surface area (Å²) in [7, 11) is 0. The molecule has 0 bridgehead atoms. The number of fused-ring (bicyclic) bond motifs is 1. The standard InChI is InChI=1S/C18H17N5O4/c1-11-16(17(24)22-8-9-27-10-15(22)18(25)26)20-21-23(11)14-6-2-5-13-12(14)4-3-7-19-13/h2-7,15H,8-10H2,1H3,(H,25,26). The number of morpholine rings is 1. The van der Waals surface area contributed by atoms with Crippen LogP contribution in [0.15, 0.2) is 36.5 Å². The van der Waals surface area contributed by atoms with E-state index >= 15 is 0 Å². The Morgan fingerprint density at radius 2 is 2.11 bits per heavy atom. The van der Waals surface area contributed by atoms with E-state index in [0.29, 0.717) is 5.69 Å². The van der Waals surface area contributed by atoms with E-state index in [4.69, 9.17) is 4.74 Å². The lowest BCUT2D eigenvalue weighted by Crippen LogP contribution is -2.52. The Labute approximate surface area is 154 Å². The van der Waals surface area contributed by atoms with Crippen LogP contribution in [0.1, 0.15) is 16.2 Å². The third kappa shape index (κ3) is 2.91. The van der Waals surface area contributed by atoms with Gasteiger partial charge in [0.25, 0.3) is 5.91 Å². The van der Waals surface area contributed by atoms with Crippen LogP contribution in [0.25, 0.3) is 16.6 Å². The Bertz CT molecular complexity index is 1030. The van der Waals surface area contributed by atoms with E-state index in [-0.39, 0.29) is 25.5 Å². The highest BCUT2D eigenvalue weighted by Crippen LogP contribution is 2.23. The van der Waals surface area contributed by atoms with Crippen LogP contribution in [0.5, 0.6) is 0 Å². The Morgan fingerprint density at radius 3 is 2.93 bits per heavy atom. The molecule has 9 nitrogen and oxygen atoms in total. The number of carbonyl (C=O) groups excluding carboxylic acids is 1. The molecule has 0 aliphatic carbocycles. The zero-order chi connectivity index (χ0) is 19.0. The molecule has 1 saturated heterocycles. The van der Waals surface area contributed by atoms with Crippen molar-refractivity contribution in [1.82, 2.24) is 24.9 Å². The van der Waals surface area contributed by atoms with Crippen molar-refractivity contribution in [3.8, 4) is 5.69 Å². The molecule has 1 atom stereocenters. The molecule has 1 unspecified atom stereocenters. The van der Waals surface area contributed by atoms with Gasteiger partial charge in [-0.15, -0.1) is 5.10 Å². The summed E-state index contributed by atoms with van der Waals surface area (Å²) in [6, 6.07) is 8.34. The zero-order valence-electron chi connectivity index (χ0n) is 14.6. The summed E-state index contributed by atoms with van der Waals surface area (Å²) in [6.07, 6.45) is 1.71. The predicted octanol–water partition coefficient (Wildman–Crippen LogP) is 1.05. The fourth-order valence-electron chi connectivity index (χ4n) is 3.21. The van der Waals surface area contributed by atoms with Crippen molar-refractivity contribution in [3.05, 3.63) is 47.9 Å². The number of rotatable bonds is 3. The van der Waals surface area contributed by atoms with Gasteiger partial charge in [0, 0.05) is 18.1 Å². The molecule has 27 heavy (non-hydrogen) atoms. The van der Waals surface area contributed by atoms with Gasteiger partial charge in [0.05, 0.1) is 30.1 Å². The van der Waals surface area contributed by atoms with Gasteiger partial charge in [-0.25, -0.2) is 9.48 Å². The second-order valence-corrected chi connectivity index (χ2v) is 6.21. The first-order valence-electron chi connectivity index (χ1n) is 8.46. The van der Waals surface area contributed by atoms with Crippen LogP contribution in [0.4, 0.5) is 0 Å². The number of carboxylic acid groups (broad SMARTS) is 1. The molecule has 3 aromatic rings. The smallest absolute Gasteiger partial charge is 0.328 e. The second kappa shape index (κ2) is 6.76. The van der Waals surface area contributed by atoms with Gasteiger partial charge in [-0.2, -0.15) is 0 Å². The fraction of sp³-hybridized carbons (Fsp3) is 0.278. The first-order valence-corrected chi connectivity index (χ1v) is 8.46. The average Bonchev–Trinajstić information content (AvgIpc) is 3.08. The van der Waals surface area contributed by atoms with Gasteiger partial charge in [0.2, 0.25) is 0 Å². The van der Waals surface area contributed by atoms with Crippen molar-refractivity contribution in [2.24, 2.45) is 0 Å². The number of carbonyl (C=O) groups is 2. The van der Waals surface area contributed by atoms with Crippen molar-refractivity contribution in [1.29, 1.82) is 0 Å². The first kappa shape index (κ1) is 17.1. The number of amides is 1. The number of pyridine rings is 1. The molecule has 3 heterocycles. The number of aliphatic carboxylic acids is 1. The molecule has 9 heteroatoms. The molecular weight excluding hydrogens is 350 g/mol. The van der Waals surface area contributed by atoms with Crippen LogP contribution in [0.2, 0.25) is 0 Å². The number of hydrogen-bond acceptors (Lipinski definition) is 6. The largest absolute Gasteiger partial charge is 0.480 e. The normalized spacial score (nSPS) is 17.2. The van der Waals surface area contributed by atoms with Crippen LogP contribution < -0.4 is 0 Å². The van der Waals surface area contributed by atoms with Crippen molar-refractivity contribution in [2.75, 3.05) is 19.8 Å². The quantitative estimate of drug-likeness (QED) is 0.736. The Kier molecular flexibility index (Phi) is 4.28. The van der Waals surface area contributed by atoms with Gasteiger partial charge in [-0.05, 0) is 31.2 Å². The van der Waals surface area contributed by atoms with Gasteiger partial charge < -0.3 is 14.7 Å². The molecule has 2 aromatic heterocycles. The molecule has 1 fully saturated rings. The lowest BCUT2D eigenvalue weighted by Gasteiger charge is -2.32. The summed E-state index contributed by atoms with van der Waals surface area (Å²) >= 11 is 0. The van der Waals surface area contributed by atoms with Gasteiger partial charge in [0.15, 0.2) is 11.7 Å². The zero-order valence-corrected chi connectivity index (χ0v) is 14.6. The summed E-state index contributed by atoms with van der Waals surface area (Å²) in [5.74, 6) is -1.57. The maximum absolute atomic E-state index is 12.9. The number of aromatic nitrogens is 4. The number of ether oxygens (including phenoxy) is 1. The highest BCUT2D eigenvalue weighted by molar-refractivity contribution is 5.96. The number of benzene rings is 1. The minimum Gasteiger partial charge on any atom is -0.480 e. The van der Waals surface area contributed by atoms with Crippen LogP contribution in [0.3, 0.4) is 0 Å². The fourth-order valence-corrected chi connectivity index (χ4v) is 3.21. The molecule has 1 aliphatic heterocycles. The Morgan fingerprint density at radius 1 is 1.26 bits per heavy atom. The number of nitrogens with zero attached hydrogens (tertiary/aromatic N) is 5. The van der Waals surface area contributed by atoms with Crippen LogP contribution in [0, 0.1) is 6.92 Å². The molecule has 1 N–H and O–H groups in total. The molecule has 0 radical (unpaired) electrons. The molecular formula is C18H17N5O4. The van der Waals surface area contributed by atoms with E-state index in [9.17, 15) is 14.7 Å². The first-order chi connectivity index (χ1) is 13.1. The van der Waals surface area contributed by atoms with Crippen LogP contribution in [-0.2, 0) is 9.53 Å². The molecule has 1 aliphatic rings. The molecule has 0 spiro atoms. The van der Waals surface area contributed by atoms with E-state index in [1.54, 1.807) is 17.8 Å². The topological polar surface area (TPSA) is 110 Å². The molecule has 0 saturated carbocycles. The Balaban J connectivity index is 1.74. The van der Waals surface area contributed by atoms with Gasteiger partial charge in [-0.1, -0.05) is 11.3 Å². The minimum atomic E-state index is -1.10. The summed E-state index contributed by atoms with van der Waals surface area (Å²) < 4.78 is 6.77. The molecule has 138 valence electrons. The van der Waals surface area contributed by atoms with E-state index < -0.39 is 17.9 Å². The van der Waals surface area contributed by atoms with E-state index in [1.807, 2.05) is 30.3 Å². The van der Waals surface area contributed by atoms with E-state index in [0.717, 1.165) is 16.6 Å². The van der Waals surface area contributed by atoms with E-state index in [1.165, 1.54) is 4.90 Å². The average molecular weight is 367 g/mol. The summed E-state index contributed by atoms with van der Waals surface area (Å²) in [6.45, 7) is 2.18. The number of hydrogen-bond donors (Lipinski definition) is 1. The van der Waals surface area contributed by atoms with Crippen molar-refractivity contribution in [3.63, 3.8) is 0 Å². The lowest BCUT2D eigenvalue weighted by molar-refractivity contribution is -0.147.